The molecule has 2 amide bonds. The van der Waals surface area contributed by atoms with E-state index in [2.05, 4.69) is 5.32 Å². The number of fused-ring (bicyclic) bond motifs is 1. The van der Waals surface area contributed by atoms with Gasteiger partial charge in [0, 0.05) is 13.5 Å². The molecule has 1 aliphatic rings. The number of aryl methyl sites for hydroxylation is 1. The van der Waals surface area contributed by atoms with Gasteiger partial charge < -0.3 is 10.1 Å². The lowest BCUT2D eigenvalue weighted by Gasteiger charge is -2.23. The summed E-state index contributed by atoms with van der Waals surface area (Å²) in [5.41, 5.74) is 1.60. The number of carbonyl (C=O) groups excluding carboxylic acids is 2. The number of benzene rings is 1. The van der Waals surface area contributed by atoms with Gasteiger partial charge in [-0.05, 0) is 31.0 Å². The number of rotatable bonds is 3. The zero-order valence-corrected chi connectivity index (χ0v) is 11.0. The molecule has 1 unspecified atom stereocenters. The molecule has 3 N–H and O–H groups in total. The van der Waals surface area contributed by atoms with Gasteiger partial charge in [-0.25, -0.2) is 5.84 Å². The van der Waals surface area contributed by atoms with Crippen LogP contribution in [0.25, 0.3) is 0 Å². The van der Waals surface area contributed by atoms with E-state index < -0.39 is 6.10 Å². The quantitative estimate of drug-likeness (QED) is 0.477. The van der Waals surface area contributed by atoms with Gasteiger partial charge in [-0.1, -0.05) is 6.07 Å². The first-order valence-corrected chi connectivity index (χ1v) is 6.09. The standard InChI is InChI=1S/C13H17N3O3/c1-8-13(18)15-10-7-9(3-5-11(10)19-8)4-6-12(17)16(2)14/h3,5,7-8H,4,6,14H2,1-2H3,(H,15,18). The molecule has 0 spiro atoms. The zero-order valence-electron chi connectivity index (χ0n) is 11.0. The van der Waals surface area contributed by atoms with Crippen LogP contribution in [0.1, 0.15) is 18.9 Å². The number of amides is 2. The Morgan fingerprint density at radius 2 is 2.26 bits per heavy atom. The molecule has 1 aliphatic heterocycles. The summed E-state index contributed by atoms with van der Waals surface area (Å²) in [6, 6.07) is 5.51. The van der Waals surface area contributed by atoms with Gasteiger partial charge in [0.2, 0.25) is 5.91 Å². The molecule has 0 saturated carbocycles. The zero-order chi connectivity index (χ0) is 14.0. The minimum absolute atomic E-state index is 0.133. The fourth-order valence-corrected chi connectivity index (χ4v) is 1.84. The van der Waals surface area contributed by atoms with Crippen LogP contribution in [-0.2, 0) is 16.0 Å². The van der Waals surface area contributed by atoms with Crippen molar-refractivity contribution in [3.05, 3.63) is 23.8 Å². The van der Waals surface area contributed by atoms with Crippen LogP contribution in [0.5, 0.6) is 5.75 Å². The molecule has 1 aromatic carbocycles. The Morgan fingerprint density at radius 1 is 1.53 bits per heavy atom. The molecule has 1 heterocycles. The van der Waals surface area contributed by atoms with Gasteiger partial charge in [-0.2, -0.15) is 0 Å². The van der Waals surface area contributed by atoms with E-state index in [1.165, 1.54) is 7.05 Å². The maximum atomic E-state index is 11.5. The summed E-state index contributed by atoms with van der Waals surface area (Å²) in [7, 11) is 1.52. The number of hydrazine groups is 1. The Balaban J connectivity index is 2.07. The van der Waals surface area contributed by atoms with Crippen LogP contribution in [0.15, 0.2) is 18.2 Å². The summed E-state index contributed by atoms with van der Waals surface area (Å²) < 4.78 is 5.46. The summed E-state index contributed by atoms with van der Waals surface area (Å²) in [5.74, 6) is 5.71. The van der Waals surface area contributed by atoms with Gasteiger partial charge in [0.05, 0.1) is 5.69 Å². The largest absolute Gasteiger partial charge is 0.479 e. The molecule has 0 fully saturated rings. The Kier molecular flexibility index (Phi) is 3.71. The first-order valence-electron chi connectivity index (χ1n) is 6.09. The van der Waals surface area contributed by atoms with Gasteiger partial charge in [0.15, 0.2) is 6.10 Å². The van der Waals surface area contributed by atoms with Crippen LogP contribution < -0.4 is 15.9 Å². The van der Waals surface area contributed by atoms with E-state index in [0.717, 1.165) is 10.6 Å². The Bertz CT molecular complexity index is 514. The van der Waals surface area contributed by atoms with Crippen LogP contribution >= 0.6 is 0 Å². The van der Waals surface area contributed by atoms with Crippen LogP contribution in [0.2, 0.25) is 0 Å². The molecule has 6 heteroatoms. The smallest absolute Gasteiger partial charge is 0.265 e. The molecule has 1 atom stereocenters. The van der Waals surface area contributed by atoms with Gasteiger partial charge in [0.1, 0.15) is 5.75 Å². The van der Waals surface area contributed by atoms with Crippen LogP contribution in [-0.4, -0.2) is 30.0 Å². The van der Waals surface area contributed by atoms with Gasteiger partial charge in [-0.3, -0.25) is 14.6 Å². The highest BCUT2D eigenvalue weighted by Crippen LogP contribution is 2.30. The first kappa shape index (κ1) is 13.4. The summed E-state index contributed by atoms with van der Waals surface area (Å²) in [5, 5.41) is 3.85. The van der Waals surface area contributed by atoms with E-state index in [9.17, 15) is 9.59 Å². The van der Waals surface area contributed by atoms with Crippen molar-refractivity contribution in [1.29, 1.82) is 0 Å². The van der Waals surface area contributed by atoms with Crippen molar-refractivity contribution in [3.8, 4) is 5.75 Å². The topological polar surface area (TPSA) is 84.7 Å². The Labute approximate surface area is 111 Å². The van der Waals surface area contributed by atoms with E-state index >= 15 is 0 Å². The minimum Gasteiger partial charge on any atom is -0.479 e. The van der Waals surface area contributed by atoms with Crippen molar-refractivity contribution in [2.75, 3.05) is 12.4 Å². The predicted molar refractivity (Wildman–Crippen MR) is 70.4 cm³/mol. The van der Waals surface area contributed by atoms with Crippen molar-refractivity contribution in [3.63, 3.8) is 0 Å². The lowest BCUT2D eigenvalue weighted by Crippen LogP contribution is -2.34. The Hall–Kier alpha value is -2.08. The maximum Gasteiger partial charge on any atom is 0.265 e. The second-order valence-corrected chi connectivity index (χ2v) is 4.58. The number of nitrogens with two attached hydrogens (primary N) is 1. The second kappa shape index (κ2) is 5.27. The number of anilines is 1. The number of ether oxygens (including phenoxy) is 1. The minimum atomic E-state index is -0.481. The highest BCUT2D eigenvalue weighted by atomic mass is 16.5. The molecule has 0 aliphatic carbocycles. The lowest BCUT2D eigenvalue weighted by atomic mass is 10.1. The number of hydrogen-bond acceptors (Lipinski definition) is 4. The molecule has 6 nitrogen and oxygen atoms in total. The van der Waals surface area contributed by atoms with Crippen molar-refractivity contribution in [1.82, 2.24) is 5.01 Å². The number of nitrogens with one attached hydrogen (secondary N) is 1. The number of nitrogens with zero attached hydrogens (tertiary/aromatic N) is 1. The average molecular weight is 263 g/mol. The third-order valence-electron chi connectivity index (χ3n) is 3.00. The fraction of sp³-hybridized carbons (Fsp3) is 0.385. The molecule has 0 aromatic heterocycles. The van der Waals surface area contributed by atoms with Crippen molar-refractivity contribution in [2.45, 2.75) is 25.9 Å². The molecular weight excluding hydrogens is 246 g/mol. The van der Waals surface area contributed by atoms with Crippen molar-refractivity contribution in [2.24, 2.45) is 5.84 Å². The summed E-state index contributed by atoms with van der Waals surface area (Å²) >= 11 is 0. The molecule has 0 bridgehead atoms. The second-order valence-electron chi connectivity index (χ2n) is 4.58. The average Bonchev–Trinajstić information content (AvgIpc) is 2.37. The van der Waals surface area contributed by atoms with Crippen molar-refractivity contribution >= 4 is 17.5 Å². The number of hydrogen-bond donors (Lipinski definition) is 2. The molecule has 0 radical (unpaired) electrons. The molecule has 2 rings (SSSR count). The summed E-state index contributed by atoms with van der Waals surface area (Å²) in [6.45, 7) is 1.70. The van der Waals surface area contributed by atoms with E-state index in [-0.39, 0.29) is 11.8 Å². The Morgan fingerprint density at radius 3 is 2.95 bits per heavy atom. The molecule has 102 valence electrons. The van der Waals surface area contributed by atoms with E-state index in [0.29, 0.717) is 24.3 Å². The highest BCUT2D eigenvalue weighted by molar-refractivity contribution is 5.97. The van der Waals surface area contributed by atoms with E-state index in [1.807, 2.05) is 12.1 Å². The van der Waals surface area contributed by atoms with Crippen LogP contribution in [0.3, 0.4) is 0 Å². The van der Waals surface area contributed by atoms with Crippen molar-refractivity contribution < 1.29 is 14.3 Å². The van der Waals surface area contributed by atoms with E-state index in [1.54, 1.807) is 13.0 Å². The normalized spacial score (nSPS) is 17.2. The van der Waals surface area contributed by atoms with Crippen LogP contribution in [0.4, 0.5) is 5.69 Å². The third-order valence-corrected chi connectivity index (χ3v) is 3.00. The summed E-state index contributed by atoms with van der Waals surface area (Å²) in [6.07, 6.45) is 0.418. The van der Waals surface area contributed by atoms with E-state index in [4.69, 9.17) is 10.6 Å². The maximum absolute atomic E-state index is 11.5. The first-order chi connectivity index (χ1) is 8.97. The number of carbonyl (C=O) groups is 2. The third kappa shape index (κ3) is 3.03. The van der Waals surface area contributed by atoms with Gasteiger partial charge in [-0.15, -0.1) is 0 Å². The highest BCUT2D eigenvalue weighted by Gasteiger charge is 2.23. The molecule has 19 heavy (non-hydrogen) atoms. The molecule has 1 aromatic rings. The van der Waals surface area contributed by atoms with Gasteiger partial charge >= 0.3 is 0 Å². The fourth-order valence-electron chi connectivity index (χ4n) is 1.84. The lowest BCUT2D eigenvalue weighted by molar-refractivity contribution is -0.130. The van der Waals surface area contributed by atoms with Crippen LogP contribution in [0, 0.1) is 0 Å². The van der Waals surface area contributed by atoms with Gasteiger partial charge in [0.25, 0.3) is 5.91 Å². The monoisotopic (exact) mass is 263 g/mol. The summed E-state index contributed by atoms with van der Waals surface area (Å²) in [4.78, 5) is 22.9. The predicted octanol–water partition coefficient (Wildman–Crippen LogP) is 0.671. The SMILES string of the molecule is CC1Oc2ccc(CCC(=O)N(C)N)cc2NC1=O. The molecular formula is C13H17N3O3. The molecule has 0 saturated heterocycles.